The van der Waals surface area contributed by atoms with Crippen LogP contribution in [0.3, 0.4) is 0 Å². The molecule has 5 nitrogen and oxygen atoms in total. The third kappa shape index (κ3) is 4.40. The van der Waals surface area contributed by atoms with E-state index >= 15 is 0 Å². The number of benzene rings is 1. The Labute approximate surface area is 190 Å². The quantitative estimate of drug-likeness (QED) is 0.642. The van der Waals surface area contributed by atoms with E-state index in [-0.39, 0.29) is 17.7 Å². The zero-order chi connectivity index (χ0) is 21.1. The molecule has 1 aliphatic carbocycles. The number of pyridine rings is 1. The summed E-state index contributed by atoms with van der Waals surface area (Å²) in [6.07, 6.45) is 6.89. The van der Waals surface area contributed by atoms with E-state index in [4.69, 9.17) is 11.6 Å². The highest BCUT2D eigenvalue weighted by Gasteiger charge is 2.45. The standard InChI is InChI=1S/C23H25BrClN3O2/c24-18-5-8-20(26-15-18)27-21(29)16-9-13-28(14-10-16)22(30)23(11-1-2-12-23)17-3-6-19(25)7-4-17/h3-8,15-16H,1-2,9-14H2,(H,26,27,29). The Morgan fingerprint density at radius 3 is 2.33 bits per heavy atom. The maximum absolute atomic E-state index is 13.6. The topological polar surface area (TPSA) is 62.3 Å². The summed E-state index contributed by atoms with van der Waals surface area (Å²) in [7, 11) is 0. The summed E-state index contributed by atoms with van der Waals surface area (Å²) in [6, 6.07) is 11.4. The van der Waals surface area contributed by atoms with Crippen LogP contribution in [-0.4, -0.2) is 34.8 Å². The van der Waals surface area contributed by atoms with Crippen molar-refractivity contribution in [2.24, 2.45) is 5.92 Å². The van der Waals surface area contributed by atoms with Crippen LogP contribution < -0.4 is 5.32 Å². The first-order chi connectivity index (χ1) is 14.5. The summed E-state index contributed by atoms with van der Waals surface area (Å²) < 4.78 is 0.869. The molecule has 4 rings (SSSR count). The summed E-state index contributed by atoms with van der Waals surface area (Å²) in [4.78, 5) is 32.4. The first-order valence-electron chi connectivity index (χ1n) is 10.5. The van der Waals surface area contributed by atoms with Gasteiger partial charge in [-0.2, -0.15) is 0 Å². The molecule has 0 radical (unpaired) electrons. The molecule has 0 atom stereocenters. The van der Waals surface area contributed by atoms with Crippen LogP contribution in [0.1, 0.15) is 44.1 Å². The van der Waals surface area contributed by atoms with Crippen molar-refractivity contribution < 1.29 is 9.59 Å². The SMILES string of the molecule is O=C(Nc1ccc(Br)cn1)C1CCN(C(=O)C2(c3ccc(Cl)cc3)CCCC2)CC1. The Kier molecular flexibility index (Phi) is 6.44. The summed E-state index contributed by atoms with van der Waals surface area (Å²) in [5.74, 6) is 0.630. The second kappa shape index (κ2) is 9.06. The first kappa shape index (κ1) is 21.3. The lowest BCUT2D eigenvalue weighted by Crippen LogP contribution is -2.49. The Morgan fingerprint density at radius 1 is 1.07 bits per heavy atom. The van der Waals surface area contributed by atoms with Gasteiger partial charge in [0.05, 0.1) is 5.41 Å². The Morgan fingerprint density at radius 2 is 1.73 bits per heavy atom. The van der Waals surface area contributed by atoms with Crippen LogP contribution >= 0.6 is 27.5 Å². The van der Waals surface area contributed by atoms with Crippen LogP contribution in [0.5, 0.6) is 0 Å². The number of likely N-dealkylation sites (tertiary alicyclic amines) is 1. The Hall–Kier alpha value is -1.92. The number of nitrogens with one attached hydrogen (secondary N) is 1. The van der Waals surface area contributed by atoms with Gasteiger partial charge in [0.2, 0.25) is 11.8 Å². The summed E-state index contributed by atoms with van der Waals surface area (Å²) >= 11 is 9.41. The van der Waals surface area contributed by atoms with Crippen LogP contribution in [0.4, 0.5) is 5.82 Å². The minimum Gasteiger partial charge on any atom is -0.342 e. The molecule has 1 aromatic carbocycles. The molecule has 2 fully saturated rings. The predicted molar refractivity (Wildman–Crippen MR) is 121 cm³/mol. The minimum atomic E-state index is -0.443. The molecule has 2 amide bonds. The predicted octanol–water partition coefficient (Wildman–Crippen LogP) is 5.19. The van der Waals surface area contributed by atoms with Gasteiger partial charge in [0, 0.05) is 34.7 Å². The zero-order valence-electron chi connectivity index (χ0n) is 16.7. The van der Waals surface area contributed by atoms with Gasteiger partial charge in [0.25, 0.3) is 0 Å². The van der Waals surface area contributed by atoms with Crippen molar-refractivity contribution in [3.63, 3.8) is 0 Å². The molecule has 7 heteroatoms. The molecule has 2 aliphatic rings. The molecule has 1 saturated carbocycles. The van der Waals surface area contributed by atoms with Crippen LogP contribution in [0.15, 0.2) is 47.1 Å². The Bertz CT molecular complexity index is 903. The molecule has 30 heavy (non-hydrogen) atoms. The number of piperidine rings is 1. The fourth-order valence-electron chi connectivity index (χ4n) is 4.70. The molecule has 0 bridgehead atoms. The molecule has 1 aromatic heterocycles. The van der Waals surface area contributed by atoms with Crippen LogP contribution in [-0.2, 0) is 15.0 Å². The largest absolute Gasteiger partial charge is 0.342 e. The van der Waals surface area contributed by atoms with Crippen molar-refractivity contribution in [3.05, 3.63) is 57.7 Å². The van der Waals surface area contributed by atoms with Gasteiger partial charge in [-0.3, -0.25) is 9.59 Å². The van der Waals surface area contributed by atoms with Gasteiger partial charge in [-0.05, 0) is 71.4 Å². The van der Waals surface area contributed by atoms with Crippen LogP contribution in [0.25, 0.3) is 0 Å². The molecule has 0 spiro atoms. The van der Waals surface area contributed by atoms with Gasteiger partial charge >= 0.3 is 0 Å². The van der Waals surface area contributed by atoms with Crippen LogP contribution in [0, 0.1) is 5.92 Å². The van der Waals surface area contributed by atoms with Gasteiger partial charge in [-0.1, -0.05) is 36.6 Å². The van der Waals surface area contributed by atoms with E-state index in [1.54, 1.807) is 12.3 Å². The van der Waals surface area contributed by atoms with Crippen molar-refractivity contribution in [1.82, 2.24) is 9.88 Å². The normalized spacial score (nSPS) is 18.9. The Balaban J connectivity index is 1.40. The van der Waals surface area contributed by atoms with Gasteiger partial charge in [-0.25, -0.2) is 4.98 Å². The number of carbonyl (C=O) groups is 2. The lowest BCUT2D eigenvalue weighted by molar-refractivity contribution is -0.140. The maximum atomic E-state index is 13.6. The highest BCUT2D eigenvalue weighted by Crippen LogP contribution is 2.43. The van der Waals surface area contributed by atoms with E-state index in [1.807, 2.05) is 35.2 Å². The van der Waals surface area contributed by atoms with E-state index in [0.29, 0.717) is 36.8 Å². The minimum absolute atomic E-state index is 0.0230. The number of hydrogen-bond donors (Lipinski definition) is 1. The van der Waals surface area contributed by atoms with E-state index in [2.05, 4.69) is 26.2 Å². The number of amides is 2. The molecular weight excluding hydrogens is 466 g/mol. The second-order valence-electron chi connectivity index (χ2n) is 8.21. The number of rotatable bonds is 4. The first-order valence-corrected chi connectivity index (χ1v) is 11.6. The average Bonchev–Trinajstić information content (AvgIpc) is 3.26. The fourth-order valence-corrected chi connectivity index (χ4v) is 5.06. The van der Waals surface area contributed by atoms with Gasteiger partial charge in [0.1, 0.15) is 5.82 Å². The number of carbonyl (C=O) groups excluding carboxylic acids is 2. The molecule has 158 valence electrons. The smallest absolute Gasteiger partial charge is 0.233 e. The van der Waals surface area contributed by atoms with Crippen LogP contribution in [0.2, 0.25) is 5.02 Å². The fraction of sp³-hybridized carbons (Fsp3) is 0.435. The van der Waals surface area contributed by atoms with E-state index < -0.39 is 5.41 Å². The molecular formula is C23H25BrClN3O2. The third-order valence-corrected chi connectivity index (χ3v) is 7.12. The van der Waals surface area contributed by atoms with Crippen molar-refractivity contribution in [3.8, 4) is 0 Å². The summed E-state index contributed by atoms with van der Waals surface area (Å²) in [5.41, 5.74) is 0.622. The third-order valence-electron chi connectivity index (χ3n) is 6.39. The van der Waals surface area contributed by atoms with Gasteiger partial charge < -0.3 is 10.2 Å². The monoisotopic (exact) mass is 489 g/mol. The number of hydrogen-bond acceptors (Lipinski definition) is 3. The lowest BCUT2D eigenvalue weighted by Gasteiger charge is -2.38. The van der Waals surface area contributed by atoms with Crippen molar-refractivity contribution in [1.29, 1.82) is 0 Å². The van der Waals surface area contributed by atoms with Crippen molar-refractivity contribution in [2.45, 2.75) is 43.9 Å². The summed E-state index contributed by atoms with van der Waals surface area (Å²) in [5, 5.41) is 3.58. The zero-order valence-corrected chi connectivity index (χ0v) is 19.1. The molecule has 2 heterocycles. The van der Waals surface area contributed by atoms with E-state index in [9.17, 15) is 9.59 Å². The molecule has 1 aliphatic heterocycles. The number of anilines is 1. The molecule has 2 aromatic rings. The molecule has 0 unspecified atom stereocenters. The number of nitrogens with zero attached hydrogens (tertiary/aromatic N) is 2. The van der Waals surface area contributed by atoms with Gasteiger partial charge in [0.15, 0.2) is 0 Å². The van der Waals surface area contributed by atoms with Gasteiger partial charge in [-0.15, -0.1) is 0 Å². The van der Waals surface area contributed by atoms with E-state index in [1.165, 1.54) is 0 Å². The molecule has 1 saturated heterocycles. The molecule has 1 N–H and O–H groups in total. The van der Waals surface area contributed by atoms with E-state index in [0.717, 1.165) is 35.7 Å². The highest BCUT2D eigenvalue weighted by atomic mass is 79.9. The number of aromatic nitrogens is 1. The number of halogens is 2. The summed E-state index contributed by atoms with van der Waals surface area (Å²) in [6.45, 7) is 1.22. The van der Waals surface area contributed by atoms with Crippen molar-refractivity contribution >= 4 is 45.2 Å². The van der Waals surface area contributed by atoms with Crippen molar-refractivity contribution in [2.75, 3.05) is 18.4 Å². The maximum Gasteiger partial charge on any atom is 0.233 e. The average molecular weight is 491 g/mol. The second-order valence-corrected chi connectivity index (χ2v) is 9.57. The lowest BCUT2D eigenvalue weighted by atomic mass is 9.77. The highest BCUT2D eigenvalue weighted by molar-refractivity contribution is 9.10.